The van der Waals surface area contributed by atoms with Crippen molar-refractivity contribution in [1.82, 2.24) is 19.5 Å². The van der Waals surface area contributed by atoms with E-state index >= 15 is 0 Å². The van der Waals surface area contributed by atoms with Crippen LogP contribution in [0.25, 0.3) is 28.0 Å². The fourth-order valence-electron chi connectivity index (χ4n) is 3.68. The van der Waals surface area contributed by atoms with E-state index in [2.05, 4.69) is 22.4 Å². The standard InChI is InChI=1S/C23H21N5O/c29-23(27-11-4-5-12-27)25-20-10-6-9-18(13-20)21-14-22-24-15-19(16-28(22)26-21)17-7-2-1-3-8-17/h1-3,6-10,13-16H,4-5,11-12H2,(H,25,29). The van der Waals surface area contributed by atoms with Gasteiger partial charge in [0.2, 0.25) is 0 Å². The first-order valence-corrected chi connectivity index (χ1v) is 9.83. The second-order valence-corrected chi connectivity index (χ2v) is 7.25. The minimum Gasteiger partial charge on any atom is -0.325 e. The second-order valence-electron chi connectivity index (χ2n) is 7.25. The van der Waals surface area contributed by atoms with Crippen LogP contribution in [0.1, 0.15) is 12.8 Å². The molecule has 5 rings (SSSR count). The Labute approximate surface area is 168 Å². The highest BCUT2D eigenvalue weighted by Gasteiger charge is 2.18. The first kappa shape index (κ1) is 17.4. The van der Waals surface area contributed by atoms with Gasteiger partial charge >= 0.3 is 6.03 Å². The minimum atomic E-state index is -0.0381. The number of urea groups is 1. The van der Waals surface area contributed by atoms with Crippen molar-refractivity contribution in [3.05, 3.63) is 73.1 Å². The highest BCUT2D eigenvalue weighted by Crippen LogP contribution is 2.24. The molecule has 0 spiro atoms. The third kappa shape index (κ3) is 3.57. The molecule has 3 heterocycles. The molecular formula is C23H21N5O. The fourth-order valence-corrected chi connectivity index (χ4v) is 3.68. The number of anilines is 1. The molecular weight excluding hydrogens is 362 g/mol. The molecule has 29 heavy (non-hydrogen) atoms. The molecule has 4 aromatic rings. The smallest absolute Gasteiger partial charge is 0.321 e. The van der Waals surface area contributed by atoms with Crippen molar-refractivity contribution in [2.75, 3.05) is 18.4 Å². The lowest BCUT2D eigenvalue weighted by Crippen LogP contribution is -2.32. The Morgan fingerprint density at radius 2 is 1.69 bits per heavy atom. The topological polar surface area (TPSA) is 62.5 Å². The Kier molecular flexibility index (Phi) is 4.44. The lowest BCUT2D eigenvalue weighted by Gasteiger charge is -2.16. The third-order valence-electron chi connectivity index (χ3n) is 5.22. The first-order valence-electron chi connectivity index (χ1n) is 9.83. The summed E-state index contributed by atoms with van der Waals surface area (Å²) >= 11 is 0. The summed E-state index contributed by atoms with van der Waals surface area (Å²) in [4.78, 5) is 18.8. The number of benzene rings is 2. The van der Waals surface area contributed by atoms with E-state index in [-0.39, 0.29) is 6.03 Å². The zero-order valence-electron chi connectivity index (χ0n) is 16.0. The monoisotopic (exact) mass is 383 g/mol. The van der Waals surface area contributed by atoms with Crippen molar-refractivity contribution in [2.24, 2.45) is 0 Å². The Bertz CT molecular complexity index is 1160. The van der Waals surface area contributed by atoms with Crippen LogP contribution in [-0.2, 0) is 0 Å². The van der Waals surface area contributed by atoms with Gasteiger partial charge in [0, 0.05) is 48.4 Å². The summed E-state index contributed by atoms with van der Waals surface area (Å²) in [6, 6.07) is 19.8. The summed E-state index contributed by atoms with van der Waals surface area (Å²) in [7, 11) is 0. The predicted molar refractivity (Wildman–Crippen MR) is 114 cm³/mol. The van der Waals surface area contributed by atoms with Gasteiger partial charge in [-0.05, 0) is 30.5 Å². The van der Waals surface area contributed by atoms with Gasteiger partial charge in [-0.15, -0.1) is 0 Å². The number of fused-ring (bicyclic) bond motifs is 1. The first-order chi connectivity index (χ1) is 14.3. The summed E-state index contributed by atoms with van der Waals surface area (Å²) in [6.45, 7) is 1.65. The number of nitrogens with zero attached hydrogens (tertiary/aromatic N) is 4. The molecule has 1 aliphatic rings. The highest BCUT2D eigenvalue weighted by atomic mass is 16.2. The molecule has 0 atom stereocenters. The van der Waals surface area contributed by atoms with Crippen LogP contribution < -0.4 is 5.32 Å². The zero-order valence-corrected chi connectivity index (χ0v) is 16.0. The van der Waals surface area contributed by atoms with Gasteiger partial charge in [0.15, 0.2) is 5.65 Å². The van der Waals surface area contributed by atoms with E-state index in [1.807, 2.05) is 65.8 Å². The molecule has 144 valence electrons. The van der Waals surface area contributed by atoms with E-state index in [9.17, 15) is 4.79 Å². The fraction of sp³-hybridized carbons (Fsp3) is 0.174. The molecule has 1 N–H and O–H groups in total. The van der Waals surface area contributed by atoms with E-state index in [4.69, 9.17) is 5.10 Å². The van der Waals surface area contributed by atoms with Gasteiger partial charge in [0.1, 0.15) is 0 Å². The normalized spacial score (nSPS) is 13.7. The maximum absolute atomic E-state index is 12.4. The number of hydrogen-bond acceptors (Lipinski definition) is 3. The van der Waals surface area contributed by atoms with Gasteiger partial charge in [-0.3, -0.25) is 0 Å². The number of nitrogens with one attached hydrogen (secondary N) is 1. The average molecular weight is 383 g/mol. The van der Waals surface area contributed by atoms with Gasteiger partial charge < -0.3 is 10.2 Å². The van der Waals surface area contributed by atoms with Gasteiger partial charge in [0.25, 0.3) is 0 Å². The number of carbonyl (C=O) groups excluding carboxylic acids is 1. The van der Waals surface area contributed by atoms with Gasteiger partial charge in [-0.2, -0.15) is 5.10 Å². The molecule has 1 fully saturated rings. The van der Waals surface area contributed by atoms with E-state index in [1.165, 1.54) is 0 Å². The van der Waals surface area contributed by atoms with Crippen LogP contribution in [0.5, 0.6) is 0 Å². The molecule has 6 nitrogen and oxygen atoms in total. The predicted octanol–water partition coefficient (Wildman–Crippen LogP) is 4.69. The average Bonchev–Trinajstić information content (AvgIpc) is 3.44. The molecule has 0 saturated carbocycles. The van der Waals surface area contributed by atoms with E-state index < -0.39 is 0 Å². The van der Waals surface area contributed by atoms with Gasteiger partial charge in [0.05, 0.1) is 5.69 Å². The Balaban J connectivity index is 1.42. The maximum Gasteiger partial charge on any atom is 0.321 e. The van der Waals surface area contributed by atoms with Crippen LogP contribution in [0, 0.1) is 0 Å². The van der Waals surface area contributed by atoms with E-state index in [0.29, 0.717) is 0 Å². The van der Waals surface area contributed by atoms with Crippen LogP contribution in [0.15, 0.2) is 73.1 Å². The van der Waals surface area contributed by atoms with Crippen molar-refractivity contribution in [3.63, 3.8) is 0 Å². The Hall–Kier alpha value is -3.67. The summed E-state index contributed by atoms with van der Waals surface area (Å²) in [5.74, 6) is 0. The lowest BCUT2D eigenvalue weighted by atomic mass is 10.1. The van der Waals surface area contributed by atoms with Crippen molar-refractivity contribution >= 4 is 17.4 Å². The molecule has 0 unspecified atom stereocenters. The van der Waals surface area contributed by atoms with Gasteiger partial charge in [-0.1, -0.05) is 42.5 Å². The quantitative estimate of drug-likeness (QED) is 0.558. The molecule has 6 heteroatoms. The Morgan fingerprint density at radius 3 is 2.52 bits per heavy atom. The molecule has 2 aromatic carbocycles. The number of amides is 2. The van der Waals surface area contributed by atoms with Crippen LogP contribution in [0.2, 0.25) is 0 Å². The summed E-state index contributed by atoms with van der Waals surface area (Å²) in [5, 5.41) is 7.69. The number of carbonyl (C=O) groups is 1. The van der Waals surface area contributed by atoms with Crippen molar-refractivity contribution in [3.8, 4) is 22.4 Å². The molecule has 2 aromatic heterocycles. The third-order valence-corrected chi connectivity index (χ3v) is 5.22. The van der Waals surface area contributed by atoms with Crippen molar-refractivity contribution in [2.45, 2.75) is 12.8 Å². The zero-order chi connectivity index (χ0) is 19.6. The number of hydrogen-bond donors (Lipinski definition) is 1. The van der Waals surface area contributed by atoms with E-state index in [1.54, 1.807) is 4.52 Å². The maximum atomic E-state index is 12.4. The van der Waals surface area contributed by atoms with Crippen LogP contribution in [-0.4, -0.2) is 38.6 Å². The van der Waals surface area contributed by atoms with Gasteiger partial charge in [-0.25, -0.2) is 14.3 Å². The van der Waals surface area contributed by atoms with Crippen molar-refractivity contribution < 1.29 is 4.79 Å². The molecule has 1 saturated heterocycles. The minimum absolute atomic E-state index is 0.0381. The number of likely N-dealkylation sites (tertiary alicyclic amines) is 1. The second kappa shape index (κ2) is 7.39. The summed E-state index contributed by atoms with van der Waals surface area (Å²) in [5.41, 5.74) is 5.43. The molecule has 0 aliphatic carbocycles. The van der Waals surface area contributed by atoms with Crippen LogP contribution in [0.3, 0.4) is 0 Å². The van der Waals surface area contributed by atoms with E-state index in [0.717, 1.165) is 59.7 Å². The lowest BCUT2D eigenvalue weighted by molar-refractivity contribution is 0.222. The SMILES string of the molecule is O=C(Nc1cccc(-c2cc3ncc(-c4ccccc4)cn3n2)c1)N1CCCC1. The molecule has 0 radical (unpaired) electrons. The molecule has 2 amide bonds. The largest absolute Gasteiger partial charge is 0.325 e. The van der Waals surface area contributed by atoms with Crippen molar-refractivity contribution in [1.29, 1.82) is 0 Å². The van der Waals surface area contributed by atoms with Crippen LogP contribution >= 0.6 is 0 Å². The Morgan fingerprint density at radius 1 is 0.897 bits per heavy atom. The summed E-state index contributed by atoms with van der Waals surface area (Å²) in [6.07, 6.45) is 6.00. The molecule has 1 aliphatic heterocycles. The van der Waals surface area contributed by atoms with Crippen LogP contribution in [0.4, 0.5) is 10.5 Å². The number of rotatable bonds is 3. The summed E-state index contributed by atoms with van der Waals surface area (Å²) < 4.78 is 1.80. The highest BCUT2D eigenvalue weighted by molar-refractivity contribution is 5.90. The number of aromatic nitrogens is 3. The molecule has 0 bridgehead atoms.